The summed E-state index contributed by atoms with van der Waals surface area (Å²) < 4.78 is 0. The van der Waals surface area contributed by atoms with Crippen molar-refractivity contribution < 1.29 is 9.59 Å². The molecule has 3 atom stereocenters. The van der Waals surface area contributed by atoms with Crippen LogP contribution in [0.4, 0.5) is 0 Å². The molecule has 1 spiro atoms. The van der Waals surface area contributed by atoms with Crippen LogP contribution >= 0.6 is 23.4 Å². The second-order valence-electron chi connectivity index (χ2n) is 7.68. The molecule has 2 amide bonds. The van der Waals surface area contributed by atoms with Crippen LogP contribution in [0, 0.1) is 12.8 Å². The van der Waals surface area contributed by atoms with Gasteiger partial charge >= 0.3 is 0 Å². The summed E-state index contributed by atoms with van der Waals surface area (Å²) in [6.45, 7) is 6.01. The molecule has 3 unspecified atom stereocenters. The largest absolute Gasteiger partial charge is 0.350 e. The number of nitrogens with one attached hydrogen (secondary N) is 2. The first-order chi connectivity index (χ1) is 12.8. The van der Waals surface area contributed by atoms with E-state index in [0.717, 1.165) is 35.7 Å². The Labute approximate surface area is 168 Å². The van der Waals surface area contributed by atoms with Crippen LogP contribution in [0.5, 0.6) is 0 Å². The molecule has 1 saturated carbocycles. The van der Waals surface area contributed by atoms with Gasteiger partial charge in [-0.1, -0.05) is 31.4 Å². The number of carbonyl (C=O) groups excluding carboxylic acids is 2. The standard InChI is InChI=1S/C20H24ClN3O2S/c1-11-6-4-5-9-20(11)24(19(26)13(3)27-20)23-18(25)17-12(2)15-10-14(21)7-8-16(15)22-17/h7-8,10-11,13,22H,4-6,9H2,1-3H3,(H,23,25). The van der Waals surface area contributed by atoms with E-state index in [0.29, 0.717) is 16.6 Å². The SMILES string of the molecule is Cc1c(C(=O)NN2C(=O)C(C)SC23CCCCC3C)[nH]c2ccc(Cl)cc12. The fourth-order valence-electron chi connectivity index (χ4n) is 4.42. The fraction of sp³-hybridized carbons (Fsp3) is 0.500. The third-order valence-corrected chi connectivity index (χ3v) is 7.97. The van der Waals surface area contributed by atoms with Crippen LogP contribution in [0.3, 0.4) is 0 Å². The molecule has 2 fully saturated rings. The zero-order chi connectivity index (χ0) is 19.3. The Morgan fingerprint density at radius 2 is 2.15 bits per heavy atom. The van der Waals surface area contributed by atoms with Gasteiger partial charge in [0.05, 0.1) is 5.25 Å². The van der Waals surface area contributed by atoms with Crippen LogP contribution in [0.1, 0.15) is 55.6 Å². The van der Waals surface area contributed by atoms with E-state index in [1.807, 2.05) is 26.0 Å². The van der Waals surface area contributed by atoms with Gasteiger partial charge in [0, 0.05) is 15.9 Å². The Balaban J connectivity index is 1.67. The minimum Gasteiger partial charge on any atom is -0.350 e. The summed E-state index contributed by atoms with van der Waals surface area (Å²) in [6, 6.07) is 5.51. The molecule has 27 heavy (non-hydrogen) atoms. The van der Waals surface area contributed by atoms with Gasteiger partial charge in [0.15, 0.2) is 0 Å². The van der Waals surface area contributed by atoms with Gasteiger partial charge in [-0.05, 0) is 56.4 Å². The van der Waals surface area contributed by atoms with E-state index in [9.17, 15) is 9.59 Å². The first-order valence-electron chi connectivity index (χ1n) is 9.44. The lowest BCUT2D eigenvalue weighted by molar-refractivity contribution is -0.137. The smallest absolute Gasteiger partial charge is 0.286 e. The summed E-state index contributed by atoms with van der Waals surface area (Å²) in [5, 5.41) is 3.04. The van der Waals surface area contributed by atoms with Crippen molar-refractivity contribution in [2.75, 3.05) is 0 Å². The number of aryl methyl sites for hydroxylation is 1. The highest BCUT2D eigenvalue weighted by Gasteiger charge is 2.54. The molecule has 2 N–H and O–H groups in total. The molecule has 2 aromatic rings. The van der Waals surface area contributed by atoms with Crippen LogP contribution in [0.25, 0.3) is 10.9 Å². The minimum absolute atomic E-state index is 0.0149. The monoisotopic (exact) mass is 405 g/mol. The number of benzene rings is 1. The Morgan fingerprint density at radius 3 is 2.89 bits per heavy atom. The zero-order valence-electron chi connectivity index (χ0n) is 15.8. The molecule has 0 bridgehead atoms. The average molecular weight is 406 g/mol. The molecular formula is C20H24ClN3O2S. The molecule has 1 saturated heterocycles. The Kier molecular flexibility index (Phi) is 4.67. The first kappa shape index (κ1) is 18.7. The number of halogens is 1. The molecule has 5 nitrogen and oxygen atoms in total. The summed E-state index contributed by atoms with van der Waals surface area (Å²) >= 11 is 7.79. The number of hydrogen-bond donors (Lipinski definition) is 2. The van der Waals surface area contributed by atoms with Crippen LogP contribution in [-0.2, 0) is 4.79 Å². The normalized spacial score (nSPS) is 28.3. The lowest BCUT2D eigenvalue weighted by atomic mass is 9.84. The van der Waals surface area contributed by atoms with Gasteiger partial charge in [0.1, 0.15) is 10.6 Å². The number of hydrazine groups is 1. The highest BCUT2D eigenvalue weighted by molar-refractivity contribution is 8.02. The van der Waals surface area contributed by atoms with Crippen LogP contribution < -0.4 is 5.43 Å². The minimum atomic E-state index is -0.340. The number of aromatic nitrogens is 1. The molecule has 0 radical (unpaired) electrons. The number of H-pyrrole nitrogens is 1. The van der Waals surface area contributed by atoms with Crippen molar-refractivity contribution in [2.24, 2.45) is 5.92 Å². The zero-order valence-corrected chi connectivity index (χ0v) is 17.3. The van der Waals surface area contributed by atoms with Crippen LogP contribution in [0.15, 0.2) is 18.2 Å². The number of carbonyl (C=O) groups is 2. The second kappa shape index (κ2) is 6.74. The maximum Gasteiger partial charge on any atom is 0.286 e. The lowest BCUT2D eigenvalue weighted by Crippen LogP contribution is -2.58. The van der Waals surface area contributed by atoms with Gasteiger partial charge in [-0.2, -0.15) is 0 Å². The van der Waals surface area contributed by atoms with E-state index >= 15 is 0 Å². The molecule has 7 heteroatoms. The maximum absolute atomic E-state index is 13.1. The summed E-state index contributed by atoms with van der Waals surface area (Å²) in [5.41, 5.74) is 5.11. The van der Waals surface area contributed by atoms with Gasteiger partial charge in [0.2, 0.25) is 0 Å². The molecule has 144 valence electrons. The van der Waals surface area contributed by atoms with Crippen molar-refractivity contribution in [1.29, 1.82) is 0 Å². The number of thioether (sulfide) groups is 1. The van der Waals surface area contributed by atoms with E-state index in [1.54, 1.807) is 22.8 Å². The summed E-state index contributed by atoms with van der Waals surface area (Å²) in [4.78, 5) is 28.8. The van der Waals surface area contributed by atoms with E-state index in [-0.39, 0.29) is 21.9 Å². The molecule has 4 rings (SSSR count). The molecular weight excluding hydrogens is 382 g/mol. The number of aromatic amines is 1. The Hall–Kier alpha value is -1.66. The van der Waals surface area contributed by atoms with Gasteiger partial charge in [-0.15, -0.1) is 11.8 Å². The van der Waals surface area contributed by atoms with E-state index in [2.05, 4.69) is 17.3 Å². The van der Waals surface area contributed by atoms with Crippen molar-refractivity contribution in [1.82, 2.24) is 15.4 Å². The number of rotatable bonds is 2. The third kappa shape index (κ3) is 2.93. The summed E-state index contributed by atoms with van der Waals surface area (Å²) in [7, 11) is 0. The fourth-order valence-corrected chi connectivity index (χ4v) is 6.26. The molecule has 1 aliphatic carbocycles. The predicted octanol–water partition coefficient (Wildman–Crippen LogP) is 4.64. The quantitative estimate of drug-likeness (QED) is 0.764. The van der Waals surface area contributed by atoms with Crippen molar-refractivity contribution in [3.05, 3.63) is 34.5 Å². The highest BCUT2D eigenvalue weighted by atomic mass is 35.5. The van der Waals surface area contributed by atoms with Crippen LogP contribution in [0.2, 0.25) is 5.02 Å². The highest BCUT2D eigenvalue weighted by Crippen LogP contribution is 2.52. The number of amides is 2. The van der Waals surface area contributed by atoms with Gasteiger partial charge in [0.25, 0.3) is 11.8 Å². The van der Waals surface area contributed by atoms with Crippen molar-refractivity contribution in [3.8, 4) is 0 Å². The van der Waals surface area contributed by atoms with Gasteiger partial charge < -0.3 is 4.98 Å². The van der Waals surface area contributed by atoms with Crippen molar-refractivity contribution >= 4 is 46.1 Å². The topological polar surface area (TPSA) is 65.2 Å². The Morgan fingerprint density at radius 1 is 1.37 bits per heavy atom. The number of fused-ring (bicyclic) bond motifs is 1. The number of hydrogen-bond acceptors (Lipinski definition) is 3. The average Bonchev–Trinajstić information content (AvgIpc) is 3.08. The first-order valence-corrected chi connectivity index (χ1v) is 10.7. The van der Waals surface area contributed by atoms with Crippen molar-refractivity contribution in [3.63, 3.8) is 0 Å². The Bertz CT molecular complexity index is 927. The molecule has 2 aliphatic rings. The third-order valence-electron chi connectivity index (χ3n) is 5.98. The van der Waals surface area contributed by atoms with E-state index < -0.39 is 0 Å². The summed E-state index contributed by atoms with van der Waals surface area (Å²) in [5.74, 6) is 0.0481. The molecule has 2 heterocycles. The van der Waals surface area contributed by atoms with Crippen LogP contribution in [-0.4, -0.2) is 31.9 Å². The van der Waals surface area contributed by atoms with Crippen molar-refractivity contribution in [2.45, 2.75) is 56.6 Å². The van der Waals surface area contributed by atoms with Gasteiger partial charge in [-0.3, -0.25) is 15.0 Å². The van der Waals surface area contributed by atoms with E-state index in [4.69, 9.17) is 11.6 Å². The second-order valence-corrected chi connectivity index (χ2v) is 9.77. The summed E-state index contributed by atoms with van der Waals surface area (Å²) in [6.07, 6.45) is 4.24. The van der Waals surface area contributed by atoms with E-state index in [1.165, 1.54) is 6.42 Å². The predicted molar refractivity (Wildman–Crippen MR) is 110 cm³/mol. The lowest BCUT2D eigenvalue weighted by Gasteiger charge is -2.44. The maximum atomic E-state index is 13.1. The molecule has 1 aliphatic heterocycles. The molecule has 1 aromatic carbocycles. The number of nitrogens with zero attached hydrogens (tertiary/aromatic N) is 1. The molecule has 1 aromatic heterocycles. The van der Waals surface area contributed by atoms with Gasteiger partial charge in [-0.25, -0.2) is 5.01 Å².